The summed E-state index contributed by atoms with van der Waals surface area (Å²) in [6.07, 6.45) is 0.636. The summed E-state index contributed by atoms with van der Waals surface area (Å²) in [7, 11) is -3.81. The highest BCUT2D eigenvalue weighted by Crippen LogP contribution is 2.26. The van der Waals surface area contributed by atoms with E-state index in [9.17, 15) is 12.8 Å². The van der Waals surface area contributed by atoms with Crippen molar-refractivity contribution in [3.63, 3.8) is 0 Å². The highest BCUT2D eigenvalue weighted by atomic mass is 79.9. The lowest BCUT2D eigenvalue weighted by atomic mass is 10.2. The number of benzene rings is 1. The van der Waals surface area contributed by atoms with Crippen molar-refractivity contribution in [3.8, 4) is 0 Å². The predicted molar refractivity (Wildman–Crippen MR) is 72.9 cm³/mol. The molecule has 1 unspecified atom stereocenters. The van der Waals surface area contributed by atoms with E-state index in [1.165, 1.54) is 16.4 Å². The second kappa shape index (κ2) is 5.87. The zero-order chi connectivity index (χ0) is 14.0. The second-order valence-corrected chi connectivity index (χ2v) is 7.10. The quantitative estimate of drug-likeness (QED) is 0.839. The Labute approximate surface area is 120 Å². The van der Waals surface area contributed by atoms with Crippen molar-refractivity contribution in [2.24, 2.45) is 0 Å². The Hall–Kier alpha value is -0.500. The first kappa shape index (κ1) is 14.9. The second-order valence-electron chi connectivity index (χ2n) is 4.33. The Kier molecular flexibility index (Phi) is 4.60. The van der Waals surface area contributed by atoms with Crippen LogP contribution in [0.2, 0.25) is 0 Å². The first-order valence-electron chi connectivity index (χ1n) is 6.01. The summed E-state index contributed by atoms with van der Waals surface area (Å²) in [5.74, 6) is -0.740. The van der Waals surface area contributed by atoms with Crippen LogP contribution in [-0.2, 0) is 14.8 Å². The molecule has 0 bridgehead atoms. The fraction of sp³-hybridized carbons (Fsp3) is 0.500. The van der Waals surface area contributed by atoms with Gasteiger partial charge in [0.1, 0.15) is 10.7 Å². The van der Waals surface area contributed by atoms with Crippen molar-refractivity contribution in [1.29, 1.82) is 0 Å². The zero-order valence-electron chi connectivity index (χ0n) is 10.5. The molecule has 1 aromatic carbocycles. The summed E-state index contributed by atoms with van der Waals surface area (Å²) in [6.45, 7) is 2.85. The number of rotatable bonds is 3. The molecule has 2 rings (SSSR count). The highest BCUT2D eigenvalue weighted by molar-refractivity contribution is 9.10. The standard InChI is InChI=1S/C12H15BrFNO3S/c1-2-10-8-18-6-5-15(10)19(16,17)12-4-3-9(13)7-11(12)14/h3-4,7,10H,2,5-6,8H2,1H3. The number of nitrogens with zero attached hydrogens (tertiary/aromatic N) is 1. The molecule has 0 aliphatic carbocycles. The first-order valence-corrected chi connectivity index (χ1v) is 8.24. The highest BCUT2D eigenvalue weighted by Gasteiger charge is 2.34. The molecule has 0 N–H and O–H groups in total. The SMILES string of the molecule is CCC1COCCN1S(=O)(=O)c1ccc(Br)cc1F. The summed E-state index contributed by atoms with van der Waals surface area (Å²) >= 11 is 3.12. The van der Waals surface area contributed by atoms with E-state index in [2.05, 4.69) is 15.9 Å². The van der Waals surface area contributed by atoms with Crippen molar-refractivity contribution in [3.05, 3.63) is 28.5 Å². The van der Waals surface area contributed by atoms with Crippen LogP contribution >= 0.6 is 15.9 Å². The molecular weight excluding hydrogens is 337 g/mol. The van der Waals surface area contributed by atoms with E-state index in [4.69, 9.17) is 4.74 Å². The lowest BCUT2D eigenvalue weighted by molar-refractivity contribution is 0.0313. The van der Waals surface area contributed by atoms with E-state index in [1.54, 1.807) is 0 Å². The molecule has 19 heavy (non-hydrogen) atoms. The average Bonchev–Trinajstić information content (AvgIpc) is 2.38. The molecule has 1 atom stereocenters. The number of sulfonamides is 1. The van der Waals surface area contributed by atoms with Crippen LogP contribution in [0.1, 0.15) is 13.3 Å². The molecule has 106 valence electrons. The topological polar surface area (TPSA) is 46.6 Å². The van der Waals surface area contributed by atoms with Gasteiger partial charge in [-0.25, -0.2) is 12.8 Å². The molecular formula is C12H15BrFNO3S. The normalized spacial score (nSPS) is 21.5. The van der Waals surface area contributed by atoms with E-state index in [-0.39, 0.29) is 17.5 Å². The summed E-state index contributed by atoms with van der Waals surface area (Å²) in [6, 6.07) is 3.74. The minimum absolute atomic E-state index is 0.234. The van der Waals surface area contributed by atoms with Gasteiger partial charge in [-0.2, -0.15) is 4.31 Å². The Bertz CT molecular complexity index is 564. The molecule has 1 saturated heterocycles. The minimum Gasteiger partial charge on any atom is -0.378 e. The number of ether oxygens (including phenoxy) is 1. The number of morpholine rings is 1. The van der Waals surface area contributed by atoms with Gasteiger partial charge in [0.05, 0.1) is 13.2 Å². The van der Waals surface area contributed by atoms with Crippen molar-refractivity contribution >= 4 is 26.0 Å². The molecule has 0 radical (unpaired) electrons. The molecule has 0 aromatic heterocycles. The fourth-order valence-electron chi connectivity index (χ4n) is 2.09. The molecule has 7 heteroatoms. The summed E-state index contributed by atoms with van der Waals surface area (Å²) in [5, 5.41) is 0. The van der Waals surface area contributed by atoms with Gasteiger partial charge in [0.2, 0.25) is 10.0 Å². The molecule has 4 nitrogen and oxygen atoms in total. The van der Waals surface area contributed by atoms with Gasteiger partial charge in [-0.1, -0.05) is 22.9 Å². The number of hydrogen-bond donors (Lipinski definition) is 0. The molecule has 1 aliphatic heterocycles. The third-order valence-corrected chi connectivity index (χ3v) is 5.60. The molecule has 0 spiro atoms. The van der Waals surface area contributed by atoms with Crippen LogP contribution in [0.25, 0.3) is 0 Å². The van der Waals surface area contributed by atoms with Gasteiger partial charge in [-0.3, -0.25) is 0 Å². The third-order valence-electron chi connectivity index (χ3n) is 3.13. The molecule has 1 fully saturated rings. The van der Waals surface area contributed by atoms with E-state index < -0.39 is 15.8 Å². The summed E-state index contributed by atoms with van der Waals surface area (Å²) < 4.78 is 46.0. The Morgan fingerprint density at radius 2 is 2.26 bits per heavy atom. The van der Waals surface area contributed by atoms with Gasteiger partial charge in [0, 0.05) is 17.1 Å². The van der Waals surface area contributed by atoms with E-state index >= 15 is 0 Å². The van der Waals surface area contributed by atoms with Crippen LogP contribution in [0, 0.1) is 5.82 Å². The van der Waals surface area contributed by atoms with Crippen LogP contribution in [0.4, 0.5) is 4.39 Å². The fourth-order valence-corrected chi connectivity index (χ4v) is 4.14. The third kappa shape index (κ3) is 2.99. The predicted octanol–water partition coefficient (Wildman–Crippen LogP) is 2.39. The van der Waals surface area contributed by atoms with Crippen LogP contribution in [0.5, 0.6) is 0 Å². The van der Waals surface area contributed by atoms with Gasteiger partial charge in [0.15, 0.2) is 0 Å². The van der Waals surface area contributed by atoms with Crippen molar-refractivity contribution in [2.45, 2.75) is 24.3 Å². The van der Waals surface area contributed by atoms with E-state index in [0.29, 0.717) is 24.1 Å². The van der Waals surface area contributed by atoms with Gasteiger partial charge in [-0.15, -0.1) is 0 Å². The Morgan fingerprint density at radius 1 is 1.53 bits per heavy atom. The number of hydrogen-bond acceptors (Lipinski definition) is 3. The first-order chi connectivity index (χ1) is 8.96. The van der Waals surface area contributed by atoms with Gasteiger partial charge in [0.25, 0.3) is 0 Å². The van der Waals surface area contributed by atoms with Gasteiger partial charge < -0.3 is 4.74 Å². The van der Waals surface area contributed by atoms with Gasteiger partial charge >= 0.3 is 0 Å². The summed E-state index contributed by atoms with van der Waals surface area (Å²) in [4.78, 5) is -0.281. The van der Waals surface area contributed by atoms with Crippen molar-refractivity contribution in [2.75, 3.05) is 19.8 Å². The molecule has 1 heterocycles. The lowest BCUT2D eigenvalue weighted by Crippen LogP contribution is -2.48. The lowest BCUT2D eigenvalue weighted by Gasteiger charge is -2.34. The van der Waals surface area contributed by atoms with Gasteiger partial charge in [-0.05, 0) is 24.6 Å². The van der Waals surface area contributed by atoms with Crippen molar-refractivity contribution < 1.29 is 17.5 Å². The molecule has 1 aliphatic rings. The van der Waals surface area contributed by atoms with E-state index in [1.807, 2.05) is 6.92 Å². The monoisotopic (exact) mass is 351 g/mol. The van der Waals surface area contributed by atoms with Crippen molar-refractivity contribution in [1.82, 2.24) is 4.31 Å². The average molecular weight is 352 g/mol. The largest absolute Gasteiger partial charge is 0.378 e. The van der Waals surface area contributed by atoms with Crippen LogP contribution in [0.15, 0.2) is 27.6 Å². The Balaban J connectivity index is 2.40. The maximum absolute atomic E-state index is 13.9. The maximum Gasteiger partial charge on any atom is 0.246 e. The smallest absolute Gasteiger partial charge is 0.246 e. The van der Waals surface area contributed by atoms with Crippen LogP contribution in [-0.4, -0.2) is 38.5 Å². The molecule has 0 amide bonds. The molecule has 0 saturated carbocycles. The van der Waals surface area contributed by atoms with Crippen LogP contribution < -0.4 is 0 Å². The molecule has 1 aromatic rings. The number of halogens is 2. The Morgan fingerprint density at radius 3 is 2.89 bits per heavy atom. The summed E-state index contributed by atoms with van der Waals surface area (Å²) in [5.41, 5.74) is 0. The van der Waals surface area contributed by atoms with Crippen LogP contribution in [0.3, 0.4) is 0 Å². The zero-order valence-corrected chi connectivity index (χ0v) is 12.9. The minimum atomic E-state index is -3.81. The van der Waals surface area contributed by atoms with E-state index in [0.717, 1.165) is 6.07 Å². The maximum atomic E-state index is 13.9.